The number of carbonyl (C=O) groups excluding carboxylic acids is 1. The largest absolute Gasteiger partial charge is 0.341 e. The van der Waals surface area contributed by atoms with Crippen molar-refractivity contribution < 1.29 is 4.79 Å². The molecule has 0 unspecified atom stereocenters. The maximum Gasteiger partial charge on any atom is 0.268 e. The highest BCUT2D eigenvalue weighted by molar-refractivity contribution is 5.92. The Kier molecular flexibility index (Phi) is 4.29. The summed E-state index contributed by atoms with van der Waals surface area (Å²) in [4.78, 5) is 29.9. The van der Waals surface area contributed by atoms with E-state index in [0.717, 1.165) is 13.0 Å². The summed E-state index contributed by atoms with van der Waals surface area (Å²) < 4.78 is 1.76. The molecule has 0 saturated carbocycles. The standard InChI is InChI=1S/C13H17N5O2/c1-3-7-18-12(14-8-15-18)9(2)16-13(20)10-5-4-6-11(19)17-10/h4-6,8-9H,3,7H2,1-2H3,(H,16,20)(H,17,19)/t9-/m0/s1. The summed E-state index contributed by atoms with van der Waals surface area (Å²) in [6.07, 6.45) is 2.40. The van der Waals surface area contributed by atoms with Crippen LogP contribution in [-0.2, 0) is 6.54 Å². The van der Waals surface area contributed by atoms with E-state index >= 15 is 0 Å². The van der Waals surface area contributed by atoms with Gasteiger partial charge in [-0.2, -0.15) is 5.10 Å². The number of H-pyrrole nitrogens is 1. The number of hydrogen-bond donors (Lipinski definition) is 2. The van der Waals surface area contributed by atoms with Gasteiger partial charge < -0.3 is 10.3 Å². The second kappa shape index (κ2) is 6.14. The lowest BCUT2D eigenvalue weighted by molar-refractivity contribution is 0.0932. The van der Waals surface area contributed by atoms with Crippen molar-refractivity contribution in [2.75, 3.05) is 0 Å². The molecule has 0 aliphatic heterocycles. The van der Waals surface area contributed by atoms with Gasteiger partial charge in [0.2, 0.25) is 5.56 Å². The molecular formula is C13H17N5O2. The highest BCUT2D eigenvalue weighted by Crippen LogP contribution is 2.09. The fraction of sp³-hybridized carbons (Fsp3) is 0.385. The van der Waals surface area contributed by atoms with Crippen molar-refractivity contribution >= 4 is 5.91 Å². The second-order valence-electron chi connectivity index (χ2n) is 4.47. The molecule has 0 saturated heterocycles. The van der Waals surface area contributed by atoms with Gasteiger partial charge >= 0.3 is 0 Å². The third kappa shape index (κ3) is 3.11. The Labute approximate surface area is 116 Å². The molecule has 0 aromatic carbocycles. The van der Waals surface area contributed by atoms with Gasteiger partial charge in [-0.3, -0.25) is 9.59 Å². The number of nitrogens with one attached hydrogen (secondary N) is 2. The van der Waals surface area contributed by atoms with E-state index in [4.69, 9.17) is 0 Å². The van der Waals surface area contributed by atoms with E-state index in [1.54, 1.807) is 10.7 Å². The summed E-state index contributed by atoms with van der Waals surface area (Å²) in [6, 6.07) is 4.16. The molecule has 7 heteroatoms. The summed E-state index contributed by atoms with van der Waals surface area (Å²) in [5, 5.41) is 6.91. The van der Waals surface area contributed by atoms with Crippen LogP contribution in [0.5, 0.6) is 0 Å². The Bertz CT molecular complexity index is 646. The zero-order valence-electron chi connectivity index (χ0n) is 11.5. The average molecular weight is 275 g/mol. The lowest BCUT2D eigenvalue weighted by atomic mass is 10.2. The number of amides is 1. The zero-order chi connectivity index (χ0) is 14.5. The maximum absolute atomic E-state index is 12.0. The Balaban J connectivity index is 2.11. The van der Waals surface area contributed by atoms with Crippen LogP contribution in [0.15, 0.2) is 29.3 Å². The van der Waals surface area contributed by atoms with Gasteiger partial charge in [0.25, 0.3) is 5.91 Å². The van der Waals surface area contributed by atoms with Crippen LogP contribution in [0.3, 0.4) is 0 Å². The number of aromatic nitrogens is 4. The summed E-state index contributed by atoms with van der Waals surface area (Å²) in [5.74, 6) is 0.347. The first kappa shape index (κ1) is 14.0. The van der Waals surface area contributed by atoms with Gasteiger partial charge in [-0.15, -0.1) is 0 Å². The molecule has 0 aliphatic carbocycles. The van der Waals surface area contributed by atoms with Crippen LogP contribution in [-0.4, -0.2) is 25.7 Å². The first-order valence-electron chi connectivity index (χ1n) is 6.49. The van der Waals surface area contributed by atoms with Gasteiger partial charge in [0.05, 0.1) is 6.04 Å². The number of nitrogens with zero attached hydrogens (tertiary/aromatic N) is 3. The van der Waals surface area contributed by atoms with Crippen LogP contribution in [0.25, 0.3) is 0 Å². The molecule has 2 heterocycles. The minimum atomic E-state index is -0.346. The minimum absolute atomic E-state index is 0.228. The van der Waals surface area contributed by atoms with Gasteiger partial charge in [-0.25, -0.2) is 9.67 Å². The molecule has 2 aromatic heterocycles. The molecule has 1 amide bonds. The highest BCUT2D eigenvalue weighted by Gasteiger charge is 2.16. The summed E-state index contributed by atoms with van der Waals surface area (Å²) in [6.45, 7) is 4.62. The molecule has 1 atom stereocenters. The fourth-order valence-electron chi connectivity index (χ4n) is 1.91. The van der Waals surface area contributed by atoms with Gasteiger partial charge in [-0.05, 0) is 19.4 Å². The first-order valence-corrected chi connectivity index (χ1v) is 6.49. The second-order valence-corrected chi connectivity index (χ2v) is 4.47. The fourth-order valence-corrected chi connectivity index (χ4v) is 1.91. The predicted molar refractivity (Wildman–Crippen MR) is 73.3 cm³/mol. The van der Waals surface area contributed by atoms with Crippen molar-refractivity contribution in [3.05, 3.63) is 46.4 Å². The SMILES string of the molecule is CCCn1ncnc1[C@H](C)NC(=O)c1cccc(=O)[nH]1. The van der Waals surface area contributed by atoms with Crippen molar-refractivity contribution in [2.24, 2.45) is 0 Å². The molecule has 0 aliphatic rings. The number of rotatable bonds is 5. The first-order chi connectivity index (χ1) is 9.61. The molecule has 2 rings (SSSR count). The molecule has 106 valence electrons. The Morgan fingerprint density at radius 2 is 2.30 bits per heavy atom. The number of aryl methyl sites for hydroxylation is 1. The predicted octanol–water partition coefficient (Wildman–Crippen LogP) is 0.867. The van der Waals surface area contributed by atoms with Gasteiger partial charge in [-0.1, -0.05) is 13.0 Å². The van der Waals surface area contributed by atoms with Crippen LogP contribution in [0.4, 0.5) is 0 Å². The van der Waals surface area contributed by atoms with Gasteiger partial charge in [0, 0.05) is 12.6 Å². The molecule has 0 radical (unpaired) electrons. The molecule has 2 N–H and O–H groups in total. The number of aromatic amines is 1. The van der Waals surface area contributed by atoms with Crippen LogP contribution in [0.2, 0.25) is 0 Å². The smallest absolute Gasteiger partial charge is 0.268 e. The number of carbonyl (C=O) groups is 1. The maximum atomic E-state index is 12.0. The van der Waals surface area contributed by atoms with Gasteiger partial charge in [0.1, 0.15) is 17.8 Å². The lowest BCUT2D eigenvalue weighted by Crippen LogP contribution is -2.30. The van der Waals surface area contributed by atoms with E-state index in [1.165, 1.54) is 18.5 Å². The van der Waals surface area contributed by atoms with E-state index < -0.39 is 0 Å². The number of hydrogen-bond acceptors (Lipinski definition) is 4. The van der Waals surface area contributed by atoms with E-state index in [9.17, 15) is 9.59 Å². The molecule has 2 aromatic rings. The summed E-state index contributed by atoms with van der Waals surface area (Å²) in [5.41, 5.74) is -0.0784. The van der Waals surface area contributed by atoms with Crippen molar-refractivity contribution in [1.29, 1.82) is 0 Å². The Hall–Kier alpha value is -2.44. The lowest BCUT2D eigenvalue weighted by Gasteiger charge is -2.14. The van der Waals surface area contributed by atoms with Crippen molar-refractivity contribution in [2.45, 2.75) is 32.9 Å². The van der Waals surface area contributed by atoms with E-state index in [1.807, 2.05) is 13.8 Å². The van der Waals surface area contributed by atoms with Crippen molar-refractivity contribution in [1.82, 2.24) is 25.1 Å². The van der Waals surface area contributed by atoms with Crippen LogP contribution in [0, 0.1) is 0 Å². The third-order valence-electron chi connectivity index (χ3n) is 2.83. The van der Waals surface area contributed by atoms with Crippen molar-refractivity contribution in [3.63, 3.8) is 0 Å². The Morgan fingerprint density at radius 1 is 1.50 bits per heavy atom. The van der Waals surface area contributed by atoms with Crippen LogP contribution >= 0.6 is 0 Å². The summed E-state index contributed by atoms with van der Waals surface area (Å²) >= 11 is 0. The van der Waals surface area contributed by atoms with Crippen LogP contribution < -0.4 is 10.9 Å². The molecule has 0 spiro atoms. The van der Waals surface area contributed by atoms with Crippen LogP contribution in [0.1, 0.15) is 42.6 Å². The molecule has 0 bridgehead atoms. The Morgan fingerprint density at radius 3 is 3.00 bits per heavy atom. The van der Waals surface area contributed by atoms with E-state index in [2.05, 4.69) is 20.4 Å². The minimum Gasteiger partial charge on any atom is -0.341 e. The van der Waals surface area contributed by atoms with E-state index in [-0.39, 0.29) is 23.2 Å². The third-order valence-corrected chi connectivity index (χ3v) is 2.83. The summed E-state index contributed by atoms with van der Waals surface area (Å²) in [7, 11) is 0. The number of pyridine rings is 1. The quantitative estimate of drug-likeness (QED) is 0.846. The normalized spacial score (nSPS) is 12.1. The highest BCUT2D eigenvalue weighted by atomic mass is 16.2. The molecule has 7 nitrogen and oxygen atoms in total. The molecule has 20 heavy (non-hydrogen) atoms. The van der Waals surface area contributed by atoms with E-state index in [0.29, 0.717) is 5.82 Å². The molecule has 0 fully saturated rings. The topological polar surface area (TPSA) is 92.7 Å². The van der Waals surface area contributed by atoms with Gasteiger partial charge in [0.15, 0.2) is 0 Å². The monoisotopic (exact) mass is 275 g/mol. The van der Waals surface area contributed by atoms with Crippen molar-refractivity contribution in [3.8, 4) is 0 Å². The zero-order valence-corrected chi connectivity index (χ0v) is 11.5. The average Bonchev–Trinajstić information content (AvgIpc) is 2.87. The molecular weight excluding hydrogens is 258 g/mol.